The molecule has 0 aromatic heterocycles. The van der Waals surface area contributed by atoms with Crippen molar-refractivity contribution in [2.24, 2.45) is 90.7 Å². The van der Waals surface area contributed by atoms with Crippen molar-refractivity contribution in [2.75, 3.05) is 0 Å². The molecule has 8 nitrogen and oxygen atoms in total. The second-order valence-electron chi connectivity index (χ2n) is 23.4. The lowest BCUT2D eigenvalue weighted by Gasteiger charge is -2.53. The summed E-state index contributed by atoms with van der Waals surface area (Å²) < 4.78 is 0. The standard InChI is InChI=1S/4C13H20O2/c1-9(2)13-6-4-12(3,5-7-13)10(8-13)11(14)15;3*1-9(2)13-6-4-12(3,5-7-13)8-10(13)11(14)15/h4*4,6,9-10H,5,7-8H2,1-3H3,(H,14,15). The van der Waals surface area contributed by atoms with Crippen molar-refractivity contribution >= 4 is 23.9 Å². The second-order valence-corrected chi connectivity index (χ2v) is 23.4. The summed E-state index contributed by atoms with van der Waals surface area (Å²) in [4.78, 5) is 45.4. The summed E-state index contributed by atoms with van der Waals surface area (Å²) in [6.07, 6.45) is 29.8. The summed E-state index contributed by atoms with van der Waals surface area (Å²) in [5, 5.41) is 37.4. The number of carboxylic acid groups (broad SMARTS) is 4. The van der Waals surface area contributed by atoms with Gasteiger partial charge in [0.1, 0.15) is 0 Å². The Hall–Kier alpha value is -3.16. The molecule has 12 aliphatic rings. The third-order valence-electron chi connectivity index (χ3n) is 18.6. The zero-order valence-electron chi connectivity index (χ0n) is 39.1. The van der Waals surface area contributed by atoms with Gasteiger partial charge in [0.2, 0.25) is 0 Å². The van der Waals surface area contributed by atoms with Crippen molar-refractivity contribution in [1.29, 1.82) is 0 Å². The molecule has 4 fully saturated rings. The summed E-state index contributed by atoms with van der Waals surface area (Å²) >= 11 is 0. The molecule has 4 saturated carbocycles. The Morgan fingerprint density at radius 2 is 0.700 bits per heavy atom. The van der Waals surface area contributed by atoms with E-state index in [9.17, 15) is 39.6 Å². The van der Waals surface area contributed by atoms with Gasteiger partial charge in [0, 0.05) is 16.2 Å². The van der Waals surface area contributed by atoms with Crippen LogP contribution in [-0.4, -0.2) is 44.3 Å². The maximum Gasteiger partial charge on any atom is 0.307 e. The van der Waals surface area contributed by atoms with Crippen LogP contribution < -0.4 is 0 Å². The lowest BCUT2D eigenvalue weighted by Crippen LogP contribution is -2.49. The fourth-order valence-electron chi connectivity index (χ4n) is 13.2. The molecule has 0 spiro atoms. The highest BCUT2D eigenvalue weighted by Crippen LogP contribution is 2.61. The Kier molecular flexibility index (Phi) is 13.2. The van der Waals surface area contributed by atoms with Crippen molar-refractivity contribution in [2.45, 2.75) is 160 Å². The van der Waals surface area contributed by atoms with Crippen molar-refractivity contribution in [3.63, 3.8) is 0 Å². The van der Waals surface area contributed by atoms with Crippen molar-refractivity contribution < 1.29 is 39.6 Å². The molecule has 8 bridgehead atoms. The van der Waals surface area contributed by atoms with Crippen LogP contribution in [0, 0.1) is 90.7 Å². The fourth-order valence-corrected chi connectivity index (χ4v) is 13.2. The normalized spacial score (nSPS) is 43.6. The molecule has 0 heterocycles. The van der Waals surface area contributed by atoms with Gasteiger partial charge in [-0.25, -0.2) is 0 Å². The average Bonchev–Trinajstić information content (AvgIpc) is 3.18. The lowest BCUT2D eigenvalue weighted by molar-refractivity contribution is -0.153. The van der Waals surface area contributed by atoms with E-state index in [-0.39, 0.29) is 67.0 Å². The summed E-state index contributed by atoms with van der Waals surface area (Å²) in [7, 11) is 0. The maximum absolute atomic E-state index is 11.4. The minimum atomic E-state index is -0.619. The quantitative estimate of drug-likeness (QED) is 0.177. The highest BCUT2D eigenvalue weighted by molar-refractivity contribution is 5.74. The molecule has 336 valence electrons. The van der Waals surface area contributed by atoms with Crippen molar-refractivity contribution in [3.8, 4) is 0 Å². The average molecular weight is 833 g/mol. The Morgan fingerprint density at radius 1 is 0.383 bits per heavy atom. The van der Waals surface area contributed by atoms with Gasteiger partial charge in [0.25, 0.3) is 0 Å². The zero-order valence-corrected chi connectivity index (χ0v) is 39.1. The Bertz CT molecular complexity index is 1630. The third-order valence-corrected chi connectivity index (χ3v) is 18.6. The first-order chi connectivity index (χ1) is 27.6. The van der Waals surface area contributed by atoms with Crippen LogP contribution in [-0.2, 0) is 19.2 Å². The van der Waals surface area contributed by atoms with E-state index in [0.717, 1.165) is 77.0 Å². The van der Waals surface area contributed by atoms with Gasteiger partial charge in [-0.05, 0) is 128 Å². The predicted octanol–water partition coefficient (Wildman–Crippen LogP) is 12.4. The Morgan fingerprint density at radius 3 is 0.900 bits per heavy atom. The first-order valence-electron chi connectivity index (χ1n) is 23.3. The van der Waals surface area contributed by atoms with E-state index in [1.807, 2.05) is 0 Å². The fraction of sp³-hybridized carbons (Fsp3) is 0.769. The Labute approximate surface area is 361 Å². The smallest absolute Gasteiger partial charge is 0.307 e. The van der Waals surface area contributed by atoms with Gasteiger partial charge in [-0.15, -0.1) is 0 Å². The second kappa shape index (κ2) is 16.5. The molecule has 0 saturated heterocycles. The first-order valence-corrected chi connectivity index (χ1v) is 23.3. The maximum atomic E-state index is 11.4. The van der Waals surface area contributed by atoms with Gasteiger partial charge in [0.15, 0.2) is 0 Å². The van der Waals surface area contributed by atoms with E-state index in [4.69, 9.17) is 0 Å². The van der Waals surface area contributed by atoms with Gasteiger partial charge in [0.05, 0.1) is 23.7 Å². The molecule has 12 aliphatic carbocycles. The number of rotatable bonds is 8. The zero-order chi connectivity index (χ0) is 45.1. The highest BCUT2D eigenvalue weighted by Gasteiger charge is 2.56. The molecular formula is C52H80O8. The van der Waals surface area contributed by atoms with E-state index < -0.39 is 23.9 Å². The molecule has 0 amide bonds. The van der Waals surface area contributed by atoms with Gasteiger partial charge >= 0.3 is 23.9 Å². The monoisotopic (exact) mass is 833 g/mol. The molecule has 4 N–H and O–H groups in total. The van der Waals surface area contributed by atoms with Crippen LogP contribution in [0.5, 0.6) is 0 Å². The molecule has 8 heteroatoms. The van der Waals surface area contributed by atoms with Crippen LogP contribution in [0.15, 0.2) is 48.6 Å². The number of carboxylic acids is 4. The van der Waals surface area contributed by atoms with E-state index in [1.165, 1.54) is 0 Å². The topological polar surface area (TPSA) is 149 Å². The number of aliphatic carboxylic acids is 4. The SMILES string of the molecule is CC(C)C12C=CC(C)(CC1)C(C(=O)O)C2.CC(C)C12C=CC(C)(CC1)CC2C(=O)O.CC(C)C12C=CC(C)(CC1)CC2C(=O)O.CC(C)C12C=CC(C)(CC1)CC2C(=O)O. The molecule has 0 radical (unpaired) electrons. The Balaban J connectivity index is 0.000000152. The van der Waals surface area contributed by atoms with E-state index in [0.29, 0.717) is 23.7 Å². The number of hydrogen-bond donors (Lipinski definition) is 4. The summed E-state index contributed by atoms with van der Waals surface area (Å²) in [6.45, 7) is 25.9. The minimum Gasteiger partial charge on any atom is -0.481 e. The van der Waals surface area contributed by atoms with E-state index in [1.54, 1.807) is 0 Å². The molecule has 0 aliphatic heterocycles. The summed E-state index contributed by atoms with van der Waals surface area (Å²) in [5.41, 5.74) is 0.235. The largest absolute Gasteiger partial charge is 0.481 e. The lowest BCUT2D eigenvalue weighted by atomic mass is 9.50. The predicted molar refractivity (Wildman–Crippen MR) is 238 cm³/mol. The molecule has 12 atom stereocenters. The number of fused-ring (bicyclic) bond motifs is 8. The molecule has 12 rings (SSSR count). The van der Waals surface area contributed by atoms with Crippen molar-refractivity contribution in [1.82, 2.24) is 0 Å². The van der Waals surface area contributed by atoms with Crippen LogP contribution in [0.3, 0.4) is 0 Å². The van der Waals surface area contributed by atoms with Crippen LogP contribution in [0.1, 0.15) is 160 Å². The van der Waals surface area contributed by atoms with Gasteiger partial charge in [-0.1, -0.05) is 132 Å². The molecular weight excluding hydrogens is 753 g/mol. The summed E-state index contributed by atoms with van der Waals surface area (Å²) in [6, 6.07) is 0. The van der Waals surface area contributed by atoms with Crippen molar-refractivity contribution in [3.05, 3.63) is 48.6 Å². The molecule has 12 unspecified atom stereocenters. The van der Waals surface area contributed by atoms with Crippen LogP contribution >= 0.6 is 0 Å². The van der Waals surface area contributed by atoms with Crippen LogP contribution in [0.25, 0.3) is 0 Å². The van der Waals surface area contributed by atoms with Gasteiger partial charge in [-0.3, -0.25) is 19.2 Å². The minimum absolute atomic E-state index is 0.0798. The molecule has 0 aromatic carbocycles. The van der Waals surface area contributed by atoms with Crippen LogP contribution in [0.2, 0.25) is 0 Å². The van der Waals surface area contributed by atoms with E-state index >= 15 is 0 Å². The third kappa shape index (κ3) is 8.49. The number of carbonyl (C=O) groups is 4. The van der Waals surface area contributed by atoms with Gasteiger partial charge in [-0.2, -0.15) is 0 Å². The van der Waals surface area contributed by atoms with Gasteiger partial charge < -0.3 is 20.4 Å². The van der Waals surface area contributed by atoms with E-state index in [2.05, 4.69) is 132 Å². The number of allylic oxidation sites excluding steroid dienone is 8. The van der Waals surface area contributed by atoms with Crippen LogP contribution in [0.4, 0.5) is 0 Å². The number of hydrogen-bond acceptors (Lipinski definition) is 4. The molecule has 0 aromatic rings. The first kappa shape index (κ1) is 47.9. The molecule has 60 heavy (non-hydrogen) atoms. The highest BCUT2D eigenvalue weighted by atomic mass is 16.4. The summed E-state index contributed by atoms with van der Waals surface area (Å²) in [5.74, 6) is -1.38.